The number of Topliss-reactive ketones (excluding diaryl/α,β-unsaturated/α-hetero) is 1. The summed E-state index contributed by atoms with van der Waals surface area (Å²) >= 11 is 4.86. The van der Waals surface area contributed by atoms with Crippen LogP contribution in [0, 0.1) is 5.82 Å². The molecule has 0 radical (unpaired) electrons. The monoisotopic (exact) mass is 325 g/mol. The number of benzene rings is 1. The van der Waals surface area contributed by atoms with Crippen molar-refractivity contribution in [3.63, 3.8) is 0 Å². The van der Waals surface area contributed by atoms with Crippen LogP contribution in [0.25, 0.3) is 10.6 Å². The molecule has 1 aromatic heterocycles. The molecule has 1 aliphatic carbocycles. The van der Waals surface area contributed by atoms with E-state index in [2.05, 4.69) is 20.9 Å². The zero-order valence-corrected chi connectivity index (χ0v) is 11.8. The van der Waals surface area contributed by atoms with E-state index in [1.807, 2.05) is 0 Å². The van der Waals surface area contributed by atoms with Crippen LogP contribution in [0.2, 0.25) is 0 Å². The zero-order valence-electron chi connectivity index (χ0n) is 9.37. The summed E-state index contributed by atoms with van der Waals surface area (Å²) < 4.78 is 13.7. The Morgan fingerprint density at radius 2 is 2.17 bits per heavy atom. The number of fused-ring (bicyclic) bond motifs is 1. The van der Waals surface area contributed by atoms with Crippen LogP contribution in [-0.4, -0.2) is 10.8 Å². The van der Waals surface area contributed by atoms with Gasteiger partial charge in [0.2, 0.25) is 0 Å². The molecule has 92 valence electrons. The second-order valence-electron chi connectivity index (χ2n) is 4.19. The minimum atomic E-state index is -0.289. The second kappa shape index (κ2) is 4.55. The molecule has 1 aromatic carbocycles. The molecule has 0 amide bonds. The fourth-order valence-electron chi connectivity index (χ4n) is 2.05. The van der Waals surface area contributed by atoms with E-state index in [4.69, 9.17) is 0 Å². The maximum Gasteiger partial charge on any atom is 0.182 e. The molecule has 5 heteroatoms. The van der Waals surface area contributed by atoms with Gasteiger partial charge in [0.1, 0.15) is 16.5 Å². The summed E-state index contributed by atoms with van der Waals surface area (Å²) in [6.07, 6.45) is 2.40. The van der Waals surface area contributed by atoms with Gasteiger partial charge in [-0.3, -0.25) is 4.79 Å². The lowest BCUT2D eigenvalue weighted by Gasteiger charge is -2.06. The maximum absolute atomic E-state index is 13.1. The Kier molecular flexibility index (Phi) is 3.03. The van der Waals surface area contributed by atoms with Crippen LogP contribution in [0.1, 0.15) is 28.2 Å². The van der Waals surface area contributed by atoms with E-state index < -0.39 is 0 Å². The number of hydrogen-bond donors (Lipinski definition) is 0. The first-order valence-electron chi connectivity index (χ1n) is 5.63. The molecule has 0 N–H and O–H groups in total. The molecule has 0 bridgehead atoms. The number of carbonyl (C=O) groups excluding carboxylic acids is 1. The van der Waals surface area contributed by atoms with Crippen molar-refractivity contribution in [2.75, 3.05) is 0 Å². The highest BCUT2D eigenvalue weighted by atomic mass is 79.9. The first-order chi connectivity index (χ1) is 8.65. The smallest absolute Gasteiger partial charge is 0.182 e. The predicted molar refractivity (Wildman–Crippen MR) is 72.5 cm³/mol. The van der Waals surface area contributed by atoms with Gasteiger partial charge in [-0.25, -0.2) is 9.37 Å². The van der Waals surface area contributed by atoms with E-state index in [1.165, 1.54) is 23.5 Å². The number of carbonyl (C=O) groups is 1. The molecule has 3 rings (SSSR count). The third-order valence-corrected chi connectivity index (χ3v) is 4.74. The largest absolute Gasteiger partial charge is 0.292 e. The number of halogens is 2. The third-order valence-electron chi connectivity index (χ3n) is 2.93. The molecule has 0 fully saturated rings. The normalized spacial score (nSPS) is 14.7. The minimum Gasteiger partial charge on any atom is -0.292 e. The summed E-state index contributed by atoms with van der Waals surface area (Å²) in [5.41, 5.74) is 1.45. The van der Waals surface area contributed by atoms with Crippen molar-refractivity contribution in [3.05, 3.63) is 39.1 Å². The Labute approximate surface area is 116 Å². The van der Waals surface area contributed by atoms with Crippen LogP contribution in [0.15, 0.2) is 22.7 Å². The first kappa shape index (κ1) is 12.0. The second-order valence-corrected chi connectivity index (χ2v) is 6.13. The van der Waals surface area contributed by atoms with Crippen molar-refractivity contribution in [2.24, 2.45) is 0 Å². The summed E-state index contributed by atoms with van der Waals surface area (Å²) in [5, 5.41) is 0.780. The Morgan fingerprint density at radius 3 is 2.89 bits per heavy atom. The molecule has 0 saturated carbocycles. The predicted octanol–water partition coefficient (Wildman–Crippen LogP) is 4.23. The highest BCUT2D eigenvalue weighted by Crippen LogP contribution is 2.36. The van der Waals surface area contributed by atoms with Crippen LogP contribution < -0.4 is 0 Å². The molecule has 0 spiro atoms. The van der Waals surface area contributed by atoms with Crippen LogP contribution in [0.5, 0.6) is 0 Å². The average molecular weight is 326 g/mol. The van der Waals surface area contributed by atoms with E-state index in [9.17, 15) is 9.18 Å². The SMILES string of the molecule is O=C1CCCc2sc(-c3ccc(F)cc3Br)nc21. The highest BCUT2D eigenvalue weighted by molar-refractivity contribution is 9.10. The molecule has 18 heavy (non-hydrogen) atoms. The van der Waals surface area contributed by atoms with Gasteiger partial charge in [-0.1, -0.05) is 0 Å². The molecule has 0 aliphatic heterocycles. The van der Waals surface area contributed by atoms with Gasteiger partial charge in [-0.15, -0.1) is 11.3 Å². The lowest BCUT2D eigenvalue weighted by Crippen LogP contribution is -2.08. The fourth-order valence-corrected chi connectivity index (χ4v) is 3.88. The fraction of sp³-hybridized carbons (Fsp3) is 0.231. The summed E-state index contributed by atoms with van der Waals surface area (Å²) in [6, 6.07) is 4.51. The Bertz CT molecular complexity index is 638. The van der Waals surface area contributed by atoms with Gasteiger partial charge >= 0.3 is 0 Å². The number of nitrogens with zero attached hydrogens (tertiary/aromatic N) is 1. The van der Waals surface area contributed by atoms with Gasteiger partial charge in [0.25, 0.3) is 0 Å². The van der Waals surface area contributed by atoms with E-state index in [0.717, 1.165) is 28.3 Å². The molecule has 0 atom stereocenters. The standard InChI is InChI=1S/C13H9BrFNOS/c14-9-6-7(15)4-5-8(9)13-16-12-10(17)2-1-3-11(12)18-13/h4-6H,1-3H2. The Morgan fingerprint density at radius 1 is 1.33 bits per heavy atom. The van der Waals surface area contributed by atoms with Gasteiger partial charge in [-0.2, -0.15) is 0 Å². The number of hydrogen-bond acceptors (Lipinski definition) is 3. The van der Waals surface area contributed by atoms with Gasteiger partial charge in [0.15, 0.2) is 5.78 Å². The third kappa shape index (κ3) is 2.01. The van der Waals surface area contributed by atoms with Gasteiger partial charge < -0.3 is 0 Å². The van der Waals surface area contributed by atoms with Crippen LogP contribution in [0.3, 0.4) is 0 Å². The quantitative estimate of drug-likeness (QED) is 0.785. The van der Waals surface area contributed by atoms with Crippen molar-refractivity contribution in [3.8, 4) is 10.6 Å². The van der Waals surface area contributed by atoms with Crippen molar-refractivity contribution in [2.45, 2.75) is 19.3 Å². The number of rotatable bonds is 1. The number of aryl methyl sites for hydroxylation is 1. The van der Waals surface area contributed by atoms with Crippen LogP contribution >= 0.6 is 27.3 Å². The zero-order chi connectivity index (χ0) is 12.7. The maximum atomic E-state index is 13.1. The molecular weight excluding hydrogens is 317 g/mol. The lowest BCUT2D eigenvalue weighted by molar-refractivity contribution is 0.0968. The summed E-state index contributed by atoms with van der Waals surface area (Å²) in [4.78, 5) is 17.2. The van der Waals surface area contributed by atoms with Gasteiger partial charge in [0, 0.05) is 21.3 Å². The topological polar surface area (TPSA) is 30.0 Å². The van der Waals surface area contributed by atoms with E-state index in [1.54, 1.807) is 6.07 Å². The number of ketones is 1. The van der Waals surface area contributed by atoms with Gasteiger partial charge in [0.05, 0.1) is 0 Å². The van der Waals surface area contributed by atoms with E-state index >= 15 is 0 Å². The molecular formula is C13H9BrFNOS. The summed E-state index contributed by atoms with van der Waals surface area (Å²) in [5.74, 6) is -0.167. The van der Waals surface area contributed by atoms with Crippen molar-refractivity contribution < 1.29 is 9.18 Å². The number of aromatic nitrogens is 1. The molecule has 1 heterocycles. The average Bonchev–Trinajstić information content (AvgIpc) is 2.74. The summed E-state index contributed by atoms with van der Waals surface area (Å²) in [7, 11) is 0. The molecule has 0 saturated heterocycles. The lowest BCUT2D eigenvalue weighted by atomic mass is 10.0. The highest BCUT2D eigenvalue weighted by Gasteiger charge is 2.23. The van der Waals surface area contributed by atoms with E-state index in [0.29, 0.717) is 16.6 Å². The molecule has 1 aliphatic rings. The van der Waals surface area contributed by atoms with Gasteiger partial charge in [-0.05, 0) is 47.0 Å². The Balaban J connectivity index is 2.10. The van der Waals surface area contributed by atoms with Crippen LogP contribution in [-0.2, 0) is 6.42 Å². The van der Waals surface area contributed by atoms with Crippen LogP contribution in [0.4, 0.5) is 4.39 Å². The van der Waals surface area contributed by atoms with Crippen molar-refractivity contribution in [1.29, 1.82) is 0 Å². The summed E-state index contributed by atoms with van der Waals surface area (Å²) in [6.45, 7) is 0. The first-order valence-corrected chi connectivity index (χ1v) is 7.24. The molecule has 0 unspecified atom stereocenters. The number of thiazole rings is 1. The van der Waals surface area contributed by atoms with E-state index in [-0.39, 0.29) is 11.6 Å². The Hall–Kier alpha value is -1.07. The minimum absolute atomic E-state index is 0.122. The van der Waals surface area contributed by atoms with Crippen molar-refractivity contribution >= 4 is 33.0 Å². The molecule has 2 aromatic rings. The van der Waals surface area contributed by atoms with Crippen molar-refractivity contribution in [1.82, 2.24) is 4.98 Å². The molecule has 2 nitrogen and oxygen atoms in total.